The van der Waals surface area contributed by atoms with Gasteiger partial charge in [0.25, 0.3) is 11.6 Å². The van der Waals surface area contributed by atoms with Crippen molar-refractivity contribution in [3.63, 3.8) is 0 Å². The molecule has 0 aliphatic carbocycles. The van der Waals surface area contributed by atoms with E-state index >= 15 is 0 Å². The molecule has 1 heterocycles. The number of nitro benzene ring substituents is 1. The van der Waals surface area contributed by atoms with Crippen molar-refractivity contribution in [1.29, 1.82) is 0 Å². The minimum Gasteiger partial charge on any atom is -0.497 e. The van der Waals surface area contributed by atoms with Gasteiger partial charge in [0.1, 0.15) is 17.2 Å². The summed E-state index contributed by atoms with van der Waals surface area (Å²) in [7, 11) is 3.09. The average Bonchev–Trinajstić information content (AvgIpc) is 3.23. The molecule has 10 nitrogen and oxygen atoms in total. The van der Waals surface area contributed by atoms with Crippen LogP contribution in [0.2, 0.25) is 0 Å². The number of amides is 1. The maximum Gasteiger partial charge on any atom is 0.289 e. The van der Waals surface area contributed by atoms with Gasteiger partial charge in [0.05, 0.1) is 31.1 Å². The Balaban J connectivity index is 1.70. The molecular weight excluding hydrogens is 378 g/mol. The molecule has 10 heteroatoms. The number of rotatable bonds is 7. The van der Waals surface area contributed by atoms with Gasteiger partial charge in [0.2, 0.25) is 0 Å². The lowest BCUT2D eigenvalue weighted by molar-refractivity contribution is -0.384. The molecular formula is C19H17N5O5. The van der Waals surface area contributed by atoms with Gasteiger partial charge in [-0.3, -0.25) is 20.0 Å². The highest BCUT2D eigenvalue weighted by atomic mass is 16.6. The van der Waals surface area contributed by atoms with E-state index in [1.165, 1.54) is 30.5 Å². The fourth-order valence-electron chi connectivity index (χ4n) is 2.50. The van der Waals surface area contributed by atoms with Crippen LogP contribution in [0.1, 0.15) is 16.1 Å². The second-order valence-electron chi connectivity index (χ2n) is 5.78. The Bertz CT molecular complexity index is 1060. The van der Waals surface area contributed by atoms with Crippen molar-refractivity contribution in [2.24, 2.45) is 5.10 Å². The van der Waals surface area contributed by atoms with Crippen LogP contribution in [0.5, 0.6) is 11.5 Å². The molecule has 0 aliphatic heterocycles. The zero-order valence-corrected chi connectivity index (χ0v) is 15.6. The molecule has 1 amide bonds. The lowest BCUT2D eigenvalue weighted by Crippen LogP contribution is -2.17. The Kier molecular flexibility index (Phi) is 5.83. The van der Waals surface area contributed by atoms with Crippen LogP contribution in [0.4, 0.5) is 5.69 Å². The first kappa shape index (κ1) is 19.5. The second kappa shape index (κ2) is 8.65. The monoisotopic (exact) mass is 395 g/mol. The van der Waals surface area contributed by atoms with E-state index in [0.29, 0.717) is 28.3 Å². The normalized spacial score (nSPS) is 10.7. The number of hydrazone groups is 1. The number of hydrogen-bond donors (Lipinski definition) is 2. The van der Waals surface area contributed by atoms with Gasteiger partial charge in [-0.2, -0.15) is 10.2 Å². The first-order chi connectivity index (χ1) is 14.0. The fourth-order valence-corrected chi connectivity index (χ4v) is 2.50. The minimum atomic E-state index is -0.497. The van der Waals surface area contributed by atoms with Gasteiger partial charge in [-0.05, 0) is 42.0 Å². The molecule has 0 aliphatic rings. The quantitative estimate of drug-likeness (QED) is 0.359. The van der Waals surface area contributed by atoms with Crippen molar-refractivity contribution in [3.8, 4) is 22.8 Å². The number of ether oxygens (including phenoxy) is 2. The molecule has 2 N–H and O–H groups in total. The van der Waals surface area contributed by atoms with Gasteiger partial charge in [-0.15, -0.1) is 0 Å². The van der Waals surface area contributed by atoms with Crippen LogP contribution in [-0.4, -0.2) is 41.5 Å². The number of nitro groups is 1. The van der Waals surface area contributed by atoms with Gasteiger partial charge >= 0.3 is 0 Å². The highest BCUT2D eigenvalue weighted by molar-refractivity contribution is 5.94. The number of nitrogens with zero attached hydrogens (tertiary/aromatic N) is 3. The molecule has 0 atom stereocenters. The fraction of sp³-hybridized carbons (Fsp3) is 0.105. The highest BCUT2D eigenvalue weighted by Crippen LogP contribution is 2.32. The van der Waals surface area contributed by atoms with E-state index in [2.05, 4.69) is 20.7 Å². The largest absolute Gasteiger partial charge is 0.497 e. The standard InChI is InChI=1S/C19H17N5O5/c1-28-14-7-8-18(29-2)15(9-14)16-10-17(22-21-16)19(25)23-20-11-12-3-5-13(6-4-12)24(26)27/h3-11H,1-2H3,(H,21,22)(H,23,25)/b20-11+. The smallest absolute Gasteiger partial charge is 0.289 e. The van der Waals surface area contributed by atoms with Gasteiger partial charge in [-0.1, -0.05) is 0 Å². The predicted molar refractivity (Wildman–Crippen MR) is 105 cm³/mol. The molecule has 0 unspecified atom stereocenters. The molecule has 2 aromatic carbocycles. The van der Waals surface area contributed by atoms with Crippen molar-refractivity contribution < 1.29 is 19.2 Å². The van der Waals surface area contributed by atoms with Gasteiger partial charge in [0.15, 0.2) is 0 Å². The molecule has 0 spiro atoms. The average molecular weight is 395 g/mol. The van der Waals surface area contributed by atoms with Crippen LogP contribution in [0.15, 0.2) is 53.6 Å². The van der Waals surface area contributed by atoms with E-state index in [9.17, 15) is 14.9 Å². The number of nitrogens with one attached hydrogen (secondary N) is 2. The number of methoxy groups -OCH3 is 2. The van der Waals surface area contributed by atoms with E-state index in [-0.39, 0.29) is 11.4 Å². The zero-order chi connectivity index (χ0) is 20.8. The molecule has 0 radical (unpaired) electrons. The summed E-state index contributed by atoms with van der Waals surface area (Å²) in [5, 5.41) is 21.3. The number of carbonyl (C=O) groups excluding carboxylic acids is 1. The summed E-state index contributed by atoms with van der Waals surface area (Å²) >= 11 is 0. The van der Waals surface area contributed by atoms with Crippen LogP contribution in [0.25, 0.3) is 11.3 Å². The van der Waals surface area contributed by atoms with Gasteiger partial charge in [0, 0.05) is 17.7 Å². The maximum absolute atomic E-state index is 12.3. The first-order valence-electron chi connectivity index (χ1n) is 8.37. The van der Waals surface area contributed by atoms with Crippen molar-refractivity contribution >= 4 is 17.8 Å². The van der Waals surface area contributed by atoms with E-state index in [0.717, 1.165) is 0 Å². The van der Waals surface area contributed by atoms with Crippen molar-refractivity contribution in [2.75, 3.05) is 14.2 Å². The van der Waals surface area contributed by atoms with Crippen LogP contribution in [0, 0.1) is 10.1 Å². The van der Waals surface area contributed by atoms with Crippen LogP contribution in [-0.2, 0) is 0 Å². The van der Waals surface area contributed by atoms with Crippen LogP contribution < -0.4 is 14.9 Å². The van der Waals surface area contributed by atoms with E-state index in [1.807, 2.05) is 0 Å². The number of H-pyrrole nitrogens is 1. The molecule has 1 aromatic heterocycles. The summed E-state index contributed by atoms with van der Waals surface area (Å²) in [5.74, 6) is 0.715. The Hall–Kier alpha value is -4.21. The number of carbonyl (C=O) groups is 1. The van der Waals surface area contributed by atoms with E-state index in [4.69, 9.17) is 9.47 Å². The van der Waals surface area contributed by atoms with E-state index < -0.39 is 10.8 Å². The van der Waals surface area contributed by atoms with Crippen molar-refractivity contribution in [1.82, 2.24) is 15.6 Å². The summed E-state index contributed by atoms with van der Waals surface area (Å²) in [6.07, 6.45) is 1.38. The van der Waals surface area contributed by atoms with E-state index in [1.54, 1.807) is 38.5 Å². The number of non-ortho nitro benzene ring substituents is 1. The summed E-state index contributed by atoms with van der Waals surface area (Å²) in [6, 6.07) is 12.6. The van der Waals surface area contributed by atoms with Crippen molar-refractivity contribution in [3.05, 3.63) is 69.9 Å². The third kappa shape index (κ3) is 4.56. The molecule has 0 bridgehead atoms. The van der Waals surface area contributed by atoms with Crippen LogP contribution in [0.3, 0.4) is 0 Å². The molecule has 0 fully saturated rings. The second-order valence-corrected chi connectivity index (χ2v) is 5.78. The molecule has 3 aromatic rings. The topological polar surface area (TPSA) is 132 Å². The van der Waals surface area contributed by atoms with Crippen LogP contribution >= 0.6 is 0 Å². The summed E-state index contributed by atoms with van der Waals surface area (Å²) in [5.41, 5.74) is 4.31. The summed E-state index contributed by atoms with van der Waals surface area (Å²) < 4.78 is 10.5. The Morgan fingerprint density at radius 3 is 2.59 bits per heavy atom. The maximum atomic E-state index is 12.3. The van der Waals surface area contributed by atoms with Gasteiger partial charge in [-0.25, -0.2) is 5.43 Å². The predicted octanol–water partition coefficient (Wildman–Crippen LogP) is 2.77. The first-order valence-corrected chi connectivity index (χ1v) is 8.37. The number of aromatic nitrogens is 2. The summed E-state index contributed by atoms with van der Waals surface area (Å²) in [4.78, 5) is 22.4. The number of aromatic amines is 1. The number of hydrogen-bond acceptors (Lipinski definition) is 7. The summed E-state index contributed by atoms with van der Waals surface area (Å²) in [6.45, 7) is 0. The Morgan fingerprint density at radius 1 is 1.17 bits per heavy atom. The molecule has 0 saturated carbocycles. The molecule has 29 heavy (non-hydrogen) atoms. The molecule has 0 saturated heterocycles. The van der Waals surface area contributed by atoms with Crippen molar-refractivity contribution in [2.45, 2.75) is 0 Å². The lowest BCUT2D eigenvalue weighted by Gasteiger charge is -2.08. The SMILES string of the molecule is COc1ccc(OC)c(-c2cc(C(=O)N/N=C/c3ccc([N+](=O)[O-])cc3)[nH]n2)c1. The minimum absolute atomic E-state index is 0.0239. The third-order valence-corrected chi connectivity index (χ3v) is 3.99. The van der Waals surface area contributed by atoms with Gasteiger partial charge < -0.3 is 9.47 Å². The Morgan fingerprint density at radius 2 is 1.93 bits per heavy atom. The highest BCUT2D eigenvalue weighted by Gasteiger charge is 2.14. The lowest BCUT2D eigenvalue weighted by atomic mass is 10.1. The zero-order valence-electron chi connectivity index (χ0n) is 15.6. The molecule has 148 valence electrons. The molecule has 3 rings (SSSR count). The Labute approximate surface area is 165 Å². The third-order valence-electron chi connectivity index (χ3n) is 3.99. The number of benzene rings is 2.